The zero-order valence-electron chi connectivity index (χ0n) is 12.9. The van der Waals surface area contributed by atoms with E-state index in [1.165, 1.54) is 0 Å². The van der Waals surface area contributed by atoms with Gasteiger partial charge < -0.3 is 4.74 Å². The van der Waals surface area contributed by atoms with Crippen LogP contribution in [0.4, 0.5) is 0 Å². The van der Waals surface area contributed by atoms with E-state index in [-0.39, 0.29) is 5.91 Å². The van der Waals surface area contributed by atoms with E-state index < -0.39 is 5.41 Å². The molecule has 0 spiro atoms. The number of carbonyl (C=O) groups is 1. The molecule has 1 N–H and O–H groups in total. The van der Waals surface area contributed by atoms with Gasteiger partial charge in [0.2, 0.25) is 5.91 Å². The number of nitrogens with zero attached hydrogens (tertiary/aromatic N) is 1. The minimum atomic E-state index is -0.660. The first kappa shape index (κ1) is 15.5. The number of ether oxygens (including phenoxy) is 1. The van der Waals surface area contributed by atoms with Gasteiger partial charge in [0.15, 0.2) is 0 Å². The highest BCUT2D eigenvalue weighted by Crippen LogP contribution is 2.35. The molecule has 0 aromatic heterocycles. The number of amides is 1. The summed E-state index contributed by atoms with van der Waals surface area (Å²) in [5.41, 5.74) is 5.23. The first-order valence-electron chi connectivity index (χ1n) is 6.34. The van der Waals surface area contributed by atoms with E-state index in [0.717, 1.165) is 22.4 Å². The van der Waals surface area contributed by atoms with Crippen molar-refractivity contribution in [2.45, 2.75) is 33.1 Å². The van der Waals surface area contributed by atoms with E-state index in [1.54, 1.807) is 26.2 Å². The second-order valence-corrected chi connectivity index (χ2v) is 5.62. The van der Waals surface area contributed by atoms with Gasteiger partial charge in [-0.2, -0.15) is 0 Å². The summed E-state index contributed by atoms with van der Waals surface area (Å²) in [4.78, 5) is 12.4. The van der Waals surface area contributed by atoms with Crippen molar-refractivity contribution < 1.29 is 9.53 Å². The van der Waals surface area contributed by atoms with Crippen molar-refractivity contribution in [2.75, 3.05) is 21.2 Å². The van der Waals surface area contributed by atoms with E-state index in [1.807, 2.05) is 33.8 Å². The highest BCUT2D eigenvalue weighted by Gasteiger charge is 2.33. The minimum Gasteiger partial charge on any atom is -0.496 e. The molecule has 0 bridgehead atoms. The van der Waals surface area contributed by atoms with E-state index in [0.29, 0.717) is 0 Å². The van der Waals surface area contributed by atoms with Gasteiger partial charge in [0.1, 0.15) is 5.75 Å². The van der Waals surface area contributed by atoms with Crippen molar-refractivity contribution in [1.29, 1.82) is 0 Å². The Morgan fingerprint density at radius 3 is 2.32 bits per heavy atom. The Bertz CT molecular complexity index is 479. The third-order valence-electron chi connectivity index (χ3n) is 3.19. The molecule has 0 aliphatic carbocycles. The Balaban J connectivity index is 3.31. The maximum atomic E-state index is 12.4. The van der Waals surface area contributed by atoms with Crippen LogP contribution >= 0.6 is 0 Å². The summed E-state index contributed by atoms with van der Waals surface area (Å²) in [7, 11) is 5.24. The van der Waals surface area contributed by atoms with Crippen molar-refractivity contribution >= 4 is 5.91 Å². The molecule has 0 atom stereocenters. The molecule has 0 heterocycles. The van der Waals surface area contributed by atoms with Gasteiger partial charge in [0, 0.05) is 19.7 Å². The quantitative estimate of drug-likeness (QED) is 0.848. The van der Waals surface area contributed by atoms with Crippen LogP contribution in [0.1, 0.15) is 30.5 Å². The molecule has 0 fully saturated rings. The first-order chi connectivity index (χ1) is 8.70. The summed E-state index contributed by atoms with van der Waals surface area (Å²) in [5.74, 6) is 0.727. The van der Waals surface area contributed by atoms with E-state index in [2.05, 4.69) is 11.5 Å². The SMILES string of the molecule is COc1c(C)cc(C)cc1C(C)(C)C(=O)NN(C)C. The number of methoxy groups -OCH3 is 1. The molecule has 0 unspecified atom stereocenters. The molecule has 0 saturated heterocycles. The Kier molecular flexibility index (Phi) is 4.58. The summed E-state index contributed by atoms with van der Waals surface area (Å²) in [6.45, 7) is 7.83. The van der Waals surface area contributed by atoms with Crippen LogP contribution in [0.3, 0.4) is 0 Å². The van der Waals surface area contributed by atoms with Gasteiger partial charge in [0.05, 0.1) is 12.5 Å². The number of hydrogen-bond donors (Lipinski definition) is 1. The minimum absolute atomic E-state index is 0.0548. The van der Waals surface area contributed by atoms with E-state index in [9.17, 15) is 4.79 Å². The van der Waals surface area contributed by atoms with Crippen LogP contribution < -0.4 is 10.2 Å². The Morgan fingerprint density at radius 1 is 1.26 bits per heavy atom. The molecule has 1 aromatic carbocycles. The standard InChI is InChI=1S/C15H24N2O2/c1-10-8-11(2)13(19-7)12(9-10)15(3,4)14(18)16-17(5)6/h8-9H,1-7H3,(H,16,18). The zero-order valence-corrected chi connectivity index (χ0v) is 12.9. The maximum absolute atomic E-state index is 12.4. The summed E-state index contributed by atoms with van der Waals surface area (Å²) < 4.78 is 5.48. The second-order valence-electron chi connectivity index (χ2n) is 5.62. The largest absolute Gasteiger partial charge is 0.496 e. The van der Waals surface area contributed by atoms with Gasteiger partial charge in [-0.1, -0.05) is 17.7 Å². The monoisotopic (exact) mass is 264 g/mol. The van der Waals surface area contributed by atoms with E-state index in [4.69, 9.17) is 4.74 Å². The zero-order chi connectivity index (χ0) is 14.8. The molecular weight excluding hydrogens is 240 g/mol. The fourth-order valence-electron chi connectivity index (χ4n) is 2.15. The predicted octanol–water partition coefficient (Wildman–Crippen LogP) is 2.18. The molecule has 19 heavy (non-hydrogen) atoms. The van der Waals surface area contributed by atoms with Crippen LogP contribution in [-0.2, 0) is 10.2 Å². The number of nitrogens with one attached hydrogen (secondary N) is 1. The lowest BCUT2D eigenvalue weighted by molar-refractivity contribution is -0.129. The number of hydrazine groups is 1. The third kappa shape index (κ3) is 3.26. The number of aryl methyl sites for hydroxylation is 2. The summed E-state index contributed by atoms with van der Waals surface area (Å²) in [6.07, 6.45) is 0. The third-order valence-corrected chi connectivity index (χ3v) is 3.19. The highest BCUT2D eigenvalue weighted by atomic mass is 16.5. The lowest BCUT2D eigenvalue weighted by atomic mass is 9.81. The first-order valence-corrected chi connectivity index (χ1v) is 6.34. The molecule has 1 amide bonds. The number of benzene rings is 1. The van der Waals surface area contributed by atoms with Crippen LogP contribution in [0.15, 0.2) is 12.1 Å². The number of carbonyl (C=O) groups excluding carboxylic acids is 1. The predicted molar refractivity (Wildman–Crippen MR) is 77.3 cm³/mol. The molecule has 1 aromatic rings. The fourth-order valence-corrected chi connectivity index (χ4v) is 2.15. The highest BCUT2D eigenvalue weighted by molar-refractivity contribution is 5.88. The van der Waals surface area contributed by atoms with Crippen molar-refractivity contribution in [3.8, 4) is 5.75 Å². The average molecular weight is 264 g/mol. The average Bonchev–Trinajstić information content (AvgIpc) is 2.26. The molecule has 0 radical (unpaired) electrons. The molecule has 106 valence electrons. The second kappa shape index (κ2) is 5.61. The van der Waals surface area contributed by atoms with Gasteiger partial charge in [-0.15, -0.1) is 0 Å². The topological polar surface area (TPSA) is 41.6 Å². The van der Waals surface area contributed by atoms with Crippen molar-refractivity contribution in [2.24, 2.45) is 0 Å². The van der Waals surface area contributed by atoms with Crippen LogP contribution in [-0.4, -0.2) is 32.1 Å². The molecule has 4 nitrogen and oxygen atoms in total. The maximum Gasteiger partial charge on any atom is 0.244 e. The van der Waals surface area contributed by atoms with Crippen molar-refractivity contribution in [3.63, 3.8) is 0 Å². The molecule has 0 aliphatic heterocycles. The lowest BCUT2D eigenvalue weighted by Crippen LogP contribution is -2.46. The van der Waals surface area contributed by atoms with Crippen LogP contribution in [0.2, 0.25) is 0 Å². The van der Waals surface area contributed by atoms with Gasteiger partial charge in [-0.3, -0.25) is 10.2 Å². The smallest absolute Gasteiger partial charge is 0.244 e. The van der Waals surface area contributed by atoms with Gasteiger partial charge in [-0.05, 0) is 33.3 Å². The van der Waals surface area contributed by atoms with Crippen LogP contribution in [0.25, 0.3) is 0 Å². The van der Waals surface area contributed by atoms with Gasteiger partial charge in [0.25, 0.3) is 0 Å². The van der Waals surface area contributed by atoms with E-state index >= 15 is 0 Å². The number of rotatable bonds is 4. The molecule has 0 aliphatic rings. The Morgan fingerprint density at radius 2 is 1.84 bits per heavy atom. The van der Waals surface area contributed by atoms with Gasteiger partial charge in [-0.25, -0.2) is 5.01 Å². The number of hydrogen-bond acceptors (Lipinski definition) is 3. The Hall–Kier alpha value is -1.55. The molecule has 0 saturated carbocycles. The van der Waals surface area contributed by atoms with Crippen LogP contribution in [0, 0.1) is 13.8 Å². The fraction of sp³-hybridized carbons (Fsp3) is 0.533. The normalized spacial score (nSPS) is 11.6. The van der Waals surface area contributed by atoms with Crippen molar-refractivity contribution in [3.05, 3.63) is 28.8 Å². The Labute approximate surface area is 115 Å². The molecular formula is C15H24N2O2. The summed E-state index contributed by atoms with van der Waals surface area (Å²) >= 11 is 0. The van der Waals surface area contributed by atoms with Crippen LogP contribution in [0.5, 0.6) is 5.75 Å². The van der Waals surface area contributed by atoms with Gasteiger partial charge >= 0.3 is 0 Å². The lowest BCUT2D eigenvalue weighted by Gasteiger charge is -2.28. The molecule has 4 heteroatoms. The summed E-state index contributed by atoms with van der Waals surface area (Å²) in [5, 5.41) is 1.65. The summed E-state index contributed by atoms with van der Waals surface area (Å²) in [6, 6.07) is 4.07. The van der Waals surface area contributed by atoms with Crippen molar-refractivity contribution in [1.82, 2.24) is 10.4 Å². The molecule has 1 rings (SSSR count).